The van der Waals surface area contributed by atoms with Crippen LogP contribution in [-0.2, 0) is 19.5 Å². The standard InChI is InChI=1S/C9H11BrO7S2.Na/c1-6-4-7(18-17-16-12)5-8(11)9(6)15-19(13,14)3-2-10;/h4-5,11-12H,2-3H2,1H3;/q;+1/p-1. The zero-order valence-electron chi connectivity index (χ0n) is 10.7. The molecule has 7 nitrogen and oxygen atoms in total. The number of phenolic OH excluding ortho intramolecular Hbond substituents is 1. The average Bonchev–Trinajstić information content (AvgIpc) is 2.31. The smallest absolute Gasteiger partial charge is 0.691 e. The third kappa shape index (κ3) is 6.50. The van der Waals surface area contributed by atoms with Crippen LogP contribution in [0.2, 0.25) is 0 Å². The van der Waals surface area contributed by atoms with E-state index in [9.17, 15) is 18.8 Å². The molecular formula is C9H10BrNaO7S2. The molecule has 11 heteroatoms. The first-order valence-electron chi connectivity index (χ1n) is 4.84. The van der Waals surface area contributed by atoms with Crippen LogP contribution >= 0.6 is 28.0 Å². The monoisotopic (exact) mass is 396 g/mol. The van der Waals surface area contributed by atoms with Gasteiger partial charge in [-0.1, -0.05) is 15.9 Å². The Bertz CT molecular complexity index is 514. The summed E-state index contributed by atoms with van der Waals surface area (Å²) in [5.74, 6) is -0.765. The van der Waals surface area contributed by atoms with Gasteiger partial charge in [0.2, 0.25) is 0 Å². The molecule has 0 unspecified atom stereocenters. The van der Waals surface area contributed by atoms with E-state index in [2.05, 4.69) is 25.3 Å². The Morgan fingerprint density at radius 2 is 2.10 bits per heavy atom. The molecule has 0 radical (unpaired) electrons. The molecule has 1 rings (SSSR count). The molecule has 108 valence electrons. The molecule has 1 aromatic rings. The van der Waals surface area contributed by atoms with E-state index in [0.717, 1.165) is 0 Å². The Balaban J connectivity index is 0.00000361. The van der Waals surface area contributed by atoms with Crippen LogP contribution in [0.4, 0.5) is 0 Å². The summed E-state index contributed by atoms with van der Waals surface area (Å²) >= 11 is 3.57. The molecule has 0 heterocycles. The minimum Gasteiger partial charge on any atom is -0.691 e. The van der Waals surface area contributed by atoms with Gasteiger partial charge < -0.3 is 14.5 Å². The zero-order chi connectivity index (χ0) is 14.5. The largest absolute Gasteiger partial charge is 1.00 e. The Kier molecular flexibility index (Phi) is 9.72. The summed E-state index contributed by atoms with van der Waals surface area (Å²) in [7, 11) is -3.78. The predicted molar refractivity (Wildman–Crippen MR) is 69.1 cm³/mol. The van der Waals surface area contributed by atoms with Gasteiger partial charge in [-0.3, -0.25) is 5.04 Å². The van der Waals surface area contributed by atoms with Crippen molar-refractivity contribution in [3.05, 3.63) is 17.7 Å². The first kappa shape index (κ1) is 20.5. The van der Waals surface area contributed by atoms with Crippen molar-refractivity contribution in [1.29, 1.82) is 0 Å². The van der Waals surface area contributed by atoms with Crippen molar-refractivity contribution < 1.29 is 61.9 Å². The third-order valence-corrected chi connectivity index (χ3v) is 4.52. The van der Waals surface area contributed by atoms with Crippen molar-refractivity contribution in [2.24, 2.45) is 0 Å². The molecule has 0 atom stereocenters. The number of benzene rings is 1. The fourth-order valence-electron chi connectivity index (χ4n) is 1.20. The number of hydrogen-bond acceptors (Lipinski definition) is 8. The quantitative estimate of drug-likeness (QED) is 0.141. The van der Waals surface area contributed by atoms with Gasteiger partial charge in [0.05, 0.1) is 17.8 Å². The normalized spacial score (nSPS) is 10.9. The molecule has 1 aromatic carbocycles. The van der Waals surface area contributed by atoms with Gasteiger partial charge in [-0.15, -0.1) is 0 Å². The van der Waals surface area contributed by atoms with Crippen LogP contribution in [0.15, 0.2) is 17.0 Å². The molecule has 0 saturated carbocycles. The van der Waals surface area contributed by atoms with Gasteiger partial charge in [0.15, 0.2) is 11.5 Å². The van der Waals surface area contributed by atoms with E-state index >= 15 is 0 Å². The van der Waals surface area contributed by atoms with Crippen LogP contribution in [-0.4, -0.2) is 24.6 Å². The van der Waals surface area contributed by atoms with Crippen molar-refractivity contribution in [2.75, 3.05) is 11.1 Å². The molecular weight excluding hydrogens is 387 g/mol. The summed E-state index contributed by atoms with van der Waals surface area (Å²) in [6.45, 7) is 1.54. The maximum atomic E-state index is 11.5. The van der Waals surface area contributed by atoms with Crippen molar-refractivity contribution in [3.63, 3.8) is 0 Å². The van der Waals surface area contributed by atoms with E-state index in [1.807, 2.05) is 0 Å². The summed E-state index contributed by atoms with van der Waals surface area (Å²) in [6.07, 6.45) is 0. The van der Waals surface area contributed by atoms with E-state index in [-0.39, 0.29) is 52.1 Å². The Morgan fingerprint density at radius 1 is 1.45 bits per heavy atom. The van der Waals surface area contributed by atoms with E-state index in [4.69, 9.17) is 4.18 Å². The fourth-order valence-corrected chi connectivity index (χ4v) is 3.62. The molecule has 0 aliphatic heterocycles. The molecule has 0 aromatic heterocycles. The van der Waals surface area contributed by atoms with Gasteiger partial charge in [-0.05, 0) is 24.6 Å². The molecule has 0 saturated heterocycles. The van der Waals surface area contributed by atoms with Crippen LogP contribution < -0.4 is 39.0 Å². The minimum absolute atomic E-state index is 0. The summed E-state index contributed by atoms with van der Waals surface area (Å²) in [5, 5.41) is 22.8. The van der Waals surface area contributed by atoms with Crippen molar-refractivity contribution in [2.45, 2.75) is 11.8 Å². The maximum absolute atomic E-state index is 11.5. The third-order valence-electron chi connectivity index (χ3n) is 1.92. The van der Waals surface area contributed by atoms with Crippen LogP contribution in [0.25, 0.3) is 0 Å². The second-order valence-corrected chi connectivity index (χ2v) is 6.60. The molecule has 0 amide bonds. The van der Waals surface area contributed by atoms with Crippen molar-refractivity contribution in [1.82, 2.24) is 0 Å². The van der Waals surface area contributed by atoms with E-state index in [0.29, 0.717) is 22.5 Å². The average molecular weight is 397 g/mol. The topological polar surface area (TPSA) is 105 Å². The zero-order valence-corrected chi connectivity index (χ0v) is 15.9. The summed E-state index contributed by atoms with van der Waals surface area (Å²) in [6, 6.07) is 2.66. The molecule has 0 aliphatic rings. The van der Waals surface area contributed by atoms with E-state index in [1.54, 1.807) is 6.92 Å². The van der Waals surface area contributed by atoms with E-state index in [1.165, 1.54) is 12.1 Å². The molecule has 20 heavy (non-hydrogen) atoms. The van der Waals surface area contributed by atoms with Gasteiger partial charge in [0.25, 0.3) is 0 Å². The van der Waals surface area contributed by atoms with Gasteiger partial charge in [-0.25, -0.2) is 0 Å². The maximum Gasteiger partial charge on any atom is 1.00 e. The molecule has 0 spiro atoms. The summed E-state index contributed by atoms with van der Waals surface area (Å²) in [5.41, 5.74) is 0.371. The van der Waals surface area contributed by atoms with Crippen molar-refractivity contribution >= 4 is 38.1 Å². The number of aromatic hydroxyl groups is 1. The fraction of sp³-hybridized carbons (Fsp3) is 0.333. The number of rotatable bonds is 7. The predicted octanol–water partition coefficient (Wildman–Crippen LogP) is -1.96. The van der Waals surface area contributed by atoms with E-state index < -0.39 is 10.1 Å². The van der Waals surface area contributed by atoms with Crippen molar-refractivity contribution in [3.8, 4) is 11.5 Å². The minimum atomic E-state index is -3.78. The van der Waals surface area contributed by atoms with Gasteiger partial charge in [0, 0.05) is 10.2 Å². The number of aryl methyl sites for hydroxylation is 1. The number of halogens is 1. The van der Waals surface area contributed by atoms with Gasteiger partial charge >= 0.3 is 39.7 Å². The van der Waals surface area contributed by atoms with Crippen LogP contribution in [0, 0.1) is 6.92 Å². The molecule has 0 aliphatic carbocycles. The molecule has 0 bridgehead atoms. The SMILES string of the molecule is Cc1cc(SOO[O-])cc(O)c1OS(=O)(=O)CCBr.[Na+]. The number of hydrogen-bond donors (Lipinski definition) is 1. The molecule has 1 N–H and O–H groups in total. The molecule has 0 fully saturated rings. The Morgan fingerprint density at radius 3 is 2.60 bits per heavy atom. The summed E-state index contributed by atoms with van der Waals surface area (Å²) in [4.78, 5) is 0.357. The Labute approximate surface area is 151 Å². The summed E-state index contributed by atoms with van der Waals surface area (Å²) < 4.78 is 31.9. The second-order valence-electron chi connectivity index (χ2n) is 3.34. The number of phenols is 1. The Hall–Kier alpha value is 0.480. The van der Waals surface area contributed by atoms with Gasteiger partial charge in [-0.2, -0.15) is 12.8 Å². The van der Waals surface area contributed by atoms with Gasteiger partial charge in [0.1, 0.15) is 0 Å². The first-order valence-corrected chi connectivity index (χ1v) is 8.28. The number of alkyl halides is 1. The van der Waals surface area contributed by atoms with Crippen LogP contribution in [0.5, 0.6) is 11.5 Å². The van der Waals surface area contributed by atoms with Crippen LogP contribution in [0.3, 0.4) is 0 Å². The second kappa shape index (κ2) is 9.49. The van der Waals surface area contributed by atoms with Crippen LogP contribution in [0.1, 0.15) is 5.56 Å². The first-order chi connectivity index (χ1) is 8.89.